The summed E-state index contributed by atoms with van der Waals surface area (Å²) in [4.78, 5) is 14.0. The molecule has 0 aliphatic heterocycles. The second-order valence-corrected chi connectivity index (χ2v) is 3.46. The quantitative estimate of drug-likeness (QED) is 0.427. The van der Waals surface area contributed by atoms with E-state index < -0.39 is 6.04 Å². The van der Waals surface area contributed by atoms with Crippen LogP contribution in [0.3, 0.4) is 0 Å². The molecule has 0 aromatic carbocycles. The summed E-state index contributed by atoms with van der Waals surface area (Å²) in [5, 5.41) is 10.5. The van der Waals surface area contributed by atoms with Crippen LogP contribution in [0.15, 0.2) is 0 Å². The molecule has 0 radical (unpaired) electrons. The largest absolute Gasteiger partial charge is 0.303 e. The predicted molar refractivity (Wildman–Crippen MR) is 47.9 cm³/mol. The highest BCUT2D eigenvalue weighted by Crippen LogP contribution is 1.94. The van der Waals surface area contributed by atoms with E-state index in [0.717, 1.165) is 0 Å². The molecule has 5 nitrogen and oxygen atoms in total. The Kier molecular flexibility index (Phi) is 4.77. The SMILES string of the molecule is CN(C)CC(CN(C)C)[N+](=O)[O-]. The van der Waals surface area contributed by atoms with E-state index in [-0.39, 0.29) is 4.92 Å². The summed E-state index contributed by atoms with van der Waals surface area (Å²) in [6, 6.07) is -0.491. The van der Waals surface area contributed by atoms with Gasteiger partial charge in [0.05, 0.1) is 13.1 Å². The Bertz CT molecular complexity index is 138. The molecule has 72 valence electrons. The summed E-state index contributed by atoms with van der Waals surface area (Å²) in [6.07, 6.45) is 0. The predicted octanol–water partition coefficient (Wildman–Crippen LogP) is -0.245. The molecule has 0 N–H and O–H groups in total. The molecule has 0 aliphatic rings. The normalized spacial score (nSPS) is 11.6. The number of hydrogen-bond acceptors (Lipinski definition) is 4. The van der Waals surface area contributed by atoms with Crippen LogP contribution in [-0.2, 0) is 0 Å². The fourth-order valence-corrected chi connectivity index (χ4v) is 1.03. The molecule has 0 saturated carbocycles. The van der Waals surface area contributed by atoms with E-state index in [1.807, 2.05) is 38.0 Å². The van der Waals surface area contributed by atoms with Gasteiger partial charge in [0.1, 0.15) is 0 Å². The lowest BCUT2D eigenvalue weighted by atomic mass is 10.3. The lowest BCUT2D eigenvalue weighted by Gasteiger charge is -2.17. The van der Waals surface area contributed by atoms with Gasteiger partial charge in [-0.3, -0.25) is 10.1 Å². The number of hydrogen-bond donors (Lipinski definition) is 0. The molecule has 12 heavy (non-hydrogen) atoms. The number of nitro groups is 1. The highest BCUT2D eigenvalue weighted by molar-refractivity contribution is 4.62. The number of nitrogens with zero attached hydrogens (tertiary/aromatic N) is 3. The van der Waals surface area contributed by atoms with Crippen molar-refractivity contribution in [2.45, 2.75) is 6.04 Å². The third-order valence-electron chi connectivity index (χ3n) is 1.45. The van der Waals surface area contributed by atoms with Crippen LogP contribution in [0.2, 0.25) is 0 Å². The second-order valence-electron chi connectivity index (χ2n) is 3.46. The van der Waals surface area contributed by atoms with Crippen LogP contribution in [0.5, 0.6) is 0 Å². The maximum absolute atomic E-state index is 10.5. The first kappa shape index (κ1) is 11.3. The fraction of sp³-hybridized carbons (Fsp3) is 1.00. The molecular weight excluding hydrogens is 158 g/mol. The highest BCUT2D eigenvalue weighted by atomic mass is 16.6. The summed E-state index contributed by atoms with van der Waals surface area (Å²) >= 11 is 0. The maximum Gasteiger partial charge on any atom is 0.238 e. The van der Waals surface area contributed by atoms with Crippen LogP contribution in [0.4, 0.5) is 0 Å². The first-order valence-electron chi connectivity index (χ1n) is 3.86. The zero-order valence-electron chi connectivity index (χ0n) is 8.15. The summed E-state index contributed by atoms with van der Waals surface area (Å²) in [6.45, 7) is 0.982. The van der Waals surface area contributed by atoms with Crippen molar-refractivity contribution in [2.75, 3.05) is 41.3 Å². The van der Waals surface area contributed by atoms with Crippen LogP contribution in [0, 0.1) is 10.1 Å². The summed E-state index contributed by atoms with van der Waals surface area (Å²) < 4.78 is 0. The van der Waals surface area contributed by atoms with Gasteiger partial charge in [-0.2, -0.15) is 0 Å². The molecule has 0 bridgehead atoms. The smallest absolute Gasteiger partial charge is 0.238 e. The Balaban J connectivity index is 3.96. The van der Waals surface area contributed by atoms with Crippen LogP contribution in [-0.4, -0.2) is 62.0 Å². The Morgan fingerprint density at radius 2 is 1.50 bits per heavy atom. The lowest BCUT2D eigenvalue weighted by Crippen LogP contribution is -2.40. The molecule has 0 unspecified atom stereocenters. The van der Waals surface area contributed by atoms with Gasteiger partial charge in [-0.05, 0) is 28.2 Å². The fourth-order valence-electron chi connectivity index (χ4n) is 1.03. The molecule has 0 rings (SSSR count). The molecule has 0 aliphatic carbocycles. The van der Waals surface area contributed by atoms with Crippen molar-refractivity contribution in [1.29, 1.82) is 0 Å². The molecule has 0 saturated heterocycles. The Labute approximate surface area is 73.1 Å². The minimum Gasteiger partial charge on any atom is -0.303 e. The van der Waals surface area contributed by atoms with Crippen LogP contribution in [0.1, 0.15) is 0 Å². The van der Waals surface area contributed by atoms with E-state index in [1.165, 1.54) is 0 Å². The standard InChI is InChI=1S/C7H17N3O2/c1-8(2)5-7(10(11)12)6-9(3)4/h7H,5-6H2,1-4H3. The van der Waals surface area contributed by atoms with Crippen molar-refractivity contribution in [3.8, 4) is 0 Å². The van der Waals surface area contributed by atoms with Gasteiger partial charge in [-0.15, -0.1) is 0 Å². The second kappa shape index (κ2) is 5.05. The van der Waals surface area contributed by atoms with Crippen molar-refractivity contribution in [3.05, 3.63) is 10.1 Å². The van der Waals surface area contributed by atoms with E-state index in [1.54, 1.807) is 0 Å². The minimum atomic E-state index is -0.491. The van der Waals surface area contributed by atoms with Crippen molar-refractivity contribution in [1.82, 2.24) is 9.80 Å². The average Bonchev–Trinajstić information content (AvgIpc) is 1.83. The van der Waals surface area contributed by atoms with Gasteiger partial charge in [0.15, 0.2) is 0 Å². The van der Waals surface area contributed by atoms with Crippen LogP contribution >= 0.6 is 0 Å². The lowest BCUT2D eigenvalue weighted by molar-refractivity contribution is -0.522. The minimum absolute atomic E-state index is 0.222. The molecule has 0 aromatic rings. The Morgan fingerprint density at radius 1 is 1.17 bits per heavy atom. The van der Waals surface area contributed by atoms with E-state index in [0.29, 0.717) is 13.1 Å². The van der Waals surface area contributed by atoms with Crippen LogP contribution in [0.25, 0.3) is 0 Å². The monoisotopic (exact) mass is 175 g/mol. The average molecular weight is 175 g/mol. The summed E-state index contributed by atoms with van der Waals surface area (Å²) in [5.41, 5.74) is 0. The van der Waals surface area contributed by atoms with E-state index in [2.05, 4.69) is 0 Å². The maximum atomic E-state index is 10.5. The molecule has 0 spiro atoms. The third-order valence-corrected chi connectivity index (χ3v) is 1.45. The molecule has 0 aromatic heterocycles. The molecular formula is C7H17N3O2. The van der Waals surface area contributed by atoms with Gasteiger partial charge in [0, 0.05) is 4.92 Å². The van der Waals surface area contributed by atoms with Crippen molar-refractivity contribution < 1.29 is 4.92 Å². The molecule has 0 fully saturated rings. The summed E-state index contributed by atoms with van der Waals surface area (Å²) in [7, 11) is 7.36. The van der Waals surface area contributed by atoms with Crippen molar-refractivity contribution >= 4 is 0 Å². The van der Waals surface area contributed by atoms with Gasteiger partial charge < -0.3 is 9.80 Å². The van der Waals surface area contributed by atoms with Crippen molar-refractivity contribution in [2.24, 2.45) is 0 Å². The molecule has 0 atom stereocenters. The summed E-state index contributed by atoms with van der Waals surface area (Å²) in [5.74, 6) is 0. The van der Waals surface area contributed by atoms with E-state index in [9.17, 15) is 10.1 Å². The van der Waals surface area contributed by atoms with E-state index in [4.69, 9.17) is 0 Å². The van der Waals surface area contributed by atoms with E-state index >= 15 is 0 Å². The first-order valence-corrected chi connectivity index (χ1v) is 3.86. The first-order chi connectivity index (χ1) is 5.43. The molecule has 5 heteroatoms. The molecule has 0 heterocycles. The van der Waals surface area contributed by atoms with Gasteiger partial charge in [-0.25, -0.2) is 0 Å². The number of rotatable bonds is 5. The van der Waals surface area contributed by atoms with Gasteiger partial charge in [0.2, 0.25) is 6.04 Å². The van der Waals surface area contributed by atoms with Crippen LogP contribution < -0.4 is 0 Å². The Hall–Kier alpha value is -0.680. The van der Waals surface area contributed by atoms with Gasteiger partial charge in [0.25, 0.3) is 0 Å². The number of likely N-dealkylation sites (N-methyl/N-ethyl adjacent to an activating group) is 2. The topological polar surface area (TPSA) is 49.6 Å². The third kappa shape index (κ3) is 5.03. The van der Waals surface area contributed by atoms with Gasteiger partial charge in [-0.1, -0.05) is 0 Å². The van der Waals surface area contributed by atoms with Crippen molar-refractivity contribution in [3.63, 3.8) is 0 Å². The highest BCUT2D eigenvalue weighted by Gasteiger charge is 2.21. The Morgan fingerprint density at radius 3 is 1.67 bits per heavy atom. The zero-order chi connectivity index (χ0) is 9.72. The molecule has 0 amide bonds. The zero-order valence-corrected chi connectivity index (χ0v) is 8.15. The van der Waals surface area contributed by atoms with Gasteiger partial charge >= 0.3 is 0 Å².